The van der Waals surface area contributed by atoms with E-state index in [2.05, 4.69) is 5.32 Å². The normalized spacial score (nSPS) is 15.6. The zero-order chi connectivity index (χ0) is 23.7. The van der Waals surface area contributed by atoms with Crippen LogP contribution in [0.25, 0.3) is 0 Å². The van der Waals surface area contributed by atoms with E-state index in [1.165, 1.54) is 28.6 Å². The number of halogens is 2. The molecule has 1 N–H and O–H groups in total. The summed E-state index contributed by atoms with van der Waals surface area (Å²) in [5.41, 5.74) is 1.22. The molecule has 0 amide bonds. The van der Waals surface area contributed by atoms with Gasteiger partial charge in [0.05, 0.1) is 19.9 Å². The van der Waals surface area contributed by atoms with Crippen molar-refractivity contribution in [2.75, 3.05) is 42.9 Å². The van der Waals surface area contributed by atoms with Crippen molar-refractivity contribution in [3.63, 3.8) is 0 Å². The molecule has 2 aromatic carbocycles. The Balaban J connectivity index is 1.75. The lowest BCUT2D eigenvalue weighted by Crippen LogP contribution is -2.48. The van der Waals surface area contributed by atoms with E-state index in [0.29, 0.717) is 30.3 Å². The molecule has 0 spiro atoms. The molecule has 0 saturated carbocycles. The van der Waals surface area contributed by atoms with E-state index >= 15 is 0 Å². The van der Waals surface area contributed by atoms with E-state index in [-0.39, 0.29) is 34.1 Å². The maximum Gasteiger partial charge on any atom is 0.292 e. The molecule has 174 valence electrons. The largest absolute Gasteiger partial charge is 0.379 e. The van der Waals surface area contributed by atoms with Gasteiger partial charge in [0.2, 0.25) is 10.0 Å². The molecule has 11 heteroatoms. The van der Waals surface area contributed by atoms with Gasteiger partial charge in [0.1, 0.15) is 5.69 Å². The van der Waals surface area contributed by atoms with Crippen LogP contribution in [0.1, 0.15) is 20.8 Å². The predicted molar refractivity (Wildman–Crippen MR) is 128 cm³/mol. The Morgan fingerprint density at radius 1 is 1.03 bits per heavy atom. The van der Waals surface area contributed by atoms with Crippen LogP contribution < -0.4 is 10.2 Å². The van der Waals surface area contributed by atoms with Gasteiger partial charge in [-0.05, 0) is 35.7 Å². The summed E-state index contributed by atoms with van der Waals surface area (Å²) in [7, 11) is -3.70. The van der Waals surface area contributed by atoms with Crippen LogP contribution in [-0.4, -0.2) is 50.4 Å². The van der Waals surface area contributed by atoms with Crippen LogP contribution >= 0.6 is 23.2 Å². The molecule has 0 bridgehead atoms. The third-order valence-electron chi connectivity index (χ3n) is 5.12. The van der Waals surface area contributed by atoms with E-state index in [1.54, 1.807) is 12.1 Å². The highest BCUT2D eigenvalue weighted by Gasteiger charge is 2.29. The highest BCUT2D eigenvalue weighted by Crippen LogP contribution is 2.32. The molecule has 1 aliphatic heterocycles. The average Bonchev–Trinajstić information content (AvgIpc) is 2.73. The number of anilines is 2. The number of rotatable bonds is 6. The van der Waals surface area contributed by atoms with Gasteiger partial charge in [-0.3, -0.25) is 10.1 Å². The summed E-state index contributed by atoms with van der Waals surface area (Å²) in [4.78, 5) is 13.1. The smallest absolute Gasteiger partial charge is 0.292 e. The first-order chi connectivity index (χ1) is 14.9. The quantitative estimate of drug-likeness (QED) is 0.448. The van der Waals surface area contributed by atoms with Crippen molar-refractivity contribution < 1.29 is 13.3 Å². The second-order valence-corrected chi connectivity index (χ2v) is 11.6. The molecule has 1 saturated heterocycles. The first-order valence-electron chi connectivity index (χ1n) is 10.1. The summed E-state index contributed by atoms with van der Waals surface area (Å²) in [6.45, 7) is 8.19. The van der Waals surface area contributed by atoms with Crippen LogP contribution in [0.3, 0.4) is 0 Å². The third kappa shape index (κ3) is 5.64. The SMILES string of the molecule is CC(C)(C)CNc1cc(N2CCN(S(=O)(=O)c3ccc(Cl)c(Cl)c3)CC2)ccc1[N+](=O)[O-]. The van der Waals surface area contributed by atoms with E-state index in [1.807, 2.05) is 25.7 Å². The number of nitro benzene ring substituents is 1. The summed E-state index contributed by atoms with van der Waals surface area (Å²) < 4.78 is 27.3. The van der Waals surface area contributed by atoms with Gasteiger partial charge in [0.15, 0.2) is 0 Å². The fraction of sp³-hybridized carbons (Fsp3) is 0.429. The maximum absolute atomic E-state index is 13.0. The van der Waals surface area contributed by atoms with Gasteiger partial charge in [-0.2, -0.15) is 4.31 Å². The van der Waals surface area contributed by atoms with Crippen molar-refractivity contribution >= 4 is 50.3 Å². The predicted octanol–water partition coefficient (Wildman–Crippen LogP) is 4.87. The van der Waals surface area contributed by atoms with Crippen molar-refractivity contribution in [1.29, 1.82) is 0 Å². The molecule has 1 heterocycles. The third-order valence-corrected chi connectivity index (χ3v) is 7.75. The minimum absolute atomic E-state index is 0.0128. The van der Waals surface area contributed by atoms with E-state index < -0.39 is 14.9 Å². The molecular formula is C21H26Cl2N4O4S. The fourth-order valence-corrected chi connectivity index (χ4v) is 5.17. The van der Waals surface area contributed by atoms with Gasteiger partial charge >= 0.3 is 0 Å². The van der Waals surface area contributed by atoms with Gasteiger partial charge in [-0.1, -0.05) is 44.0 Å². The van der Waals surface area contributed by atoms with Crippen molar-refractivity contribution in [3.8, 4) is 0 Å². The Morgan fingerprint density at radius 3 is 2.25 bits per heavy atom. The lowest BCUT2D eigenvalue weighted by atomic mass is 9.97. The molecule has 1 fully saturated rings. The van der Waals surface area contributed by atoms with Crippen LogP contribution in [-0.2, 0) is 10.0 Å². The fourth-order valence-electron chi connectivity index (χ4n) is 3.35. The summed E-state index contributed by atoms with van der Waals surface area (Å²) in [6, 6.07) is 9.21. The molecule has 0 unspecified atom stereocenters. The van der Waals surface area contributed by atoms with Crippen LogP contribution in [0.2, 0.25) is 10.0 Å². The van der Waals surface area contributed by atoms with Gasteiger partial charge < -0.3 is 10.2 Å². The summed E-state index contributed by atoms with van der Waals surface area (Å²) in [5, 5.41) is 15.1. The van der Waals surface area contributed by atoms with Gasteiger partial charge in [-0.15, -0.1) is 0 Å². The van der Waals surface area contributed by atoms with Crippen LogP contribution in [0.4, 0.5) is 17.1 Å². The van der Waals surface area contributed by atoms with E-state index in [4.69, 9.17) is 23.2 Å². The van der Waals surface area contributed by atoms with Crippen LogP contribution in [0, 0.1) is 15.5 Å². The lowest BCUT2D eigenvalue weighted by Gasteiger charge is -2.35. The van der Waals surface area contributed by atoms with Crippen molar-refractivity contribution in [3.05, 3.63) is 56.6 Å². The molecule has 1 aliphatic rings. The van der Waals surface area contributed by atoms with Crippen molar-refractivity contribution in [2.24, 2.45) is 5.41 Å². The highest BCUT2D eigenvalue weighted by molar-refractivity contribution is 7.89. The van der Waals surface area contributed by atoms with Crippen LogP contribution in [0.15, 0.2) is 41.3 Å². The lowest BCUT2D eigenvalue weighted by molar-refractivity contribution is -0.384. The second-order valence-electron chi connectivity index (χ2n) is 8.84. The Hall–Kier alpha value is -2.07. The number of benzene rings is 2. The highest BCUT2D eigenvalue weighted by atomic mass is 35.5. The molecule has 0 radical (unpaired) electrons. The van der Waals surface area contributed by atoms with E-state index in [9.17, 15) is 18.5 Å². The molecule has 0 aliphatic carbocycles. The van der Waals surface area contributed by atoms with E-state index in [0.717, 1.165) is 5.69 Å². The molecule has 2 aromatic rings. The number of piperazine rings is 1. The summed E-state index contributed by atoms with van der Waals surface area (Å²) >= 11 is 11.9. The second kappa shape index (κ2) is 9.43. The molecule has 32 heavy (non-hydrogen) atoms. The van der Waals surface area contributed by atoms with Gasteiger partial charge in [0, 0.05) is 44.5 Å². The average molecular weight is 501 g/mol. The minimum Gasteiger partial charge on any atom is -0.379 e. The van der Waals surface area contributed by atoms with Gasteiger partial charge in [-0.25, -0.2) is 8.42 Å². The van der Waals surface area contributed by atoms with Crippen LogP contribution in [0.5, 0.6) is 0 Å². The Bertz CT molecular complexity index is 1110. The summed E-state index contributed by atoms with van der Waals surface area (Å²) in [5.74, 6) is 0. The van der Waals surface area contributed by atoms with Crippen molar-refractivity contribution in [2.45, 2.75) is 25.7 Å². The Morgan fingerprint density at radius 2 is 1.69 bits per heavy atom. The molecule has 0 aromatic heterocycles. The first kappa shape index (κ1) is 24.6. The minimum atomic E-state index is -3.70. The number of nitrogens with zero attached hydrogens (tertiary/aromatic N) is 3. The molecule has 0 atom stereocenters. The molecule has 8 nitrogen and oxygen atoms in total. The first-order valence-corrected chi connectivity index (χ1v) is 12.3. The standard InChI is InChI=1S/C21H26Cl2N4O4S/c1-21(2,3)14-24-19-12-15(4-7-20(19)27(28)29)25-8-10-26(11-9-25)32(30,31)16-5-6-17(22)18(23)13-16/h4-7,12-13,24H,8-11,14H2,1-3H3. The van der Waals surface area contributed by atoms with Gasteiger partial charge in [0.25, 0.3) is 5.69 Å². The number of nitro groups is 1. The topological polar surface area (TPSA) is 95.8 Å². The maximum atomic E-state index is 13.0. The summed E-state index contributed by atoms with van der Waals surface area (Å²) in [6.07, 6.45) is 0. The Labute approximate surface area is 198 Å². The molecule has 3 rings (SSSR count). The number of hydrogen-bond acceptors (Lipinski definition) is 6. The zero-order valence-corrected chi connectivity index (χ0v) is 20.5. The monoisotopic (exact) mass is 500 g/mol. The zero-order valence-electron chi connectivity index (χ0n) is 18.1. The Kier molecular flexibility index (Phi) is 7.24. The van der Waals surface area contributed by atoms with Crippen molar-refractivity contribution in [1.82, 2.24) is 4.31 Å². The number of nitrogens with one attached hydrogen (secondary N) is 1. The number of sulfonamides is 1. The number of hydrogen-bond donors (Lipinski definition) is 1. The molecular weight excluding hydrogens is 475 g/mol.